The summed E-state index contributed by atoms with van der Waals surface area (Å²) in [6, 6.07) is 6.32. The second-order valence-electron chi connectivity index (χ2n) is 7.29. The van der Waals surface area contributed by atoms with Crippen LogP contribution >= 0.6 is 0 Å². The summed E-state index contributed by atoms with van der Waals surface area (Å²) in [6.45, 7) is 7.48. The monoisotopic (exact) mass is 388 g/mol. The number of ether oxygens (including phenoxy) is 1. The van der Waals surface area contributed by atoms with Crippen LogP contribution in [-0.2, 0) is 15.2 Å². The van der Waals surface area contributed by atoms with Gasteiger partial charge in [-0.2, -0.15) is 8.42 Å². The normalized spacial score (nSPS) is 16.2. The number of alkyl carbamates (subject to hydrolysis) is 1. The number of piperidine rings is 1. The number of hydrogen-bond acceptors (Lipinski definition) is 6. The third-order valence-corrected chi connectivity index (χ3v) is 4.32. The lowest BCUT2D eigenvalue weighted by atomic mass is 9.96. The van der Waals surface area contributed by atoms with Crippen LogP contribution < -0.4 is 14.4 Å². The quantitative estimate of drug-likeness (QED) is 0.781. The molecular weight excluding hydrogens is 363 g/mol. The molecule has 0 aliphatic carbocycles. The van der Waals surface area contributed by atoms with Crippen LogP contribution in [0.15, 0.2) is 24.3 Å². The fourth-order valence-electron chi connectivity index (χ4n) is 2.78. The van der Waals surface area contributed by atoms with E-state index in [-0.39, 0.29) is 5.75 Å². The Morgan fingerprint density at radius 1 is 1.31 bits per heavy atom. The van der Waals surface area contributed by atoms with Crippen molar-refractivity contribution in [2.75, 3.05) is 24.5 Å². The molecule has 0 unspecified atom stereocenters. The number of nitrogens with one attached hydrogen (secondary N) is 1. The van der Waals surface area contributed by atoms with Crippen LogP contribution in [-0.4, -0.2) is 39.7 Å². The molecule has 1 aliphatic rings. The van der Waals surface area contributed by atoms with Crippen LogP contribution in [0.1, 0.15) is 33.6 Å². The SMILES string of the molecule is CC(C)(C)OC(=O)NCC1CCN(c2cccc(OS(=O)(=O)F)c2)CC1. The predicted molar refractivity (Wildman–Crippen MR) is 96.3 cm³/mol. The molecule has 1 N–H and O–H groups in total. The highest BCUT2D eigenvalue weighted by Gasteiger charge is 2.22. The third kappa shape index (κ3) is 7.07. The maximum atomic E-state index is 12.6. The molecule has 1 aromatic carbocycles. The van der Waals surface area contributed by atoms with E-state index >= 15 is 0 Å². The molecule has 0 bridgehead atoms. The number of carbonyl (C=O) groups is 1. The molecule has 2 rings (SSSR count). The zero-order chi connectivity index (χ0) is 19.4. The van der Waals surface area contributed by atoms with E-state index in [9.17, 15) is 17.1 Å². The number of nitrogens with zero attached hydrogens (tertiary/aromatic N) is 1. The van der Waals surface area contributed by atoms with Gasteiger partial charge in [-0.15, -0.1) is 0 Å². The van der Waals surface area contributed by atoms with Gasteiger partial charge in [0.15, 0.2) is 0 Å². The van der Waals surface area contributed by atoms with Crippen molar-refractivity contribution in [1.29, 1.82) is 0 Å². The van der Waals surface area contributed by atoms with Gasteiger partial charge in [0.2, 0.25) is 0 Å². The Morgan fingerprint density at radius 2 is 1.96 bits per heavy atom. The Kier molecular flexibility index (Phi) is 6.33. The first kappa shape index (κ1) is 20.3. The van der Waals surface area contributed by atoms with Gasteiger partial charge in [-0.1, -0.05) is 9.95 Å². The fourth-order valence-corrected chi connectivity index (χ4v) is 3.12. The Bertz CT molecular complexity index is 725. The molecule has 0 atom stereocenters. The minimum atomic E-state index is -5.03. The second kappa shape index (κ2) is 8.11. The zero-order valence-electron chi connectivity index (χ0n) is 15.2. The molecule has 0 saturated carbocycles. The number of rotatable bonds is 5. The van der Waals surface area contributed by atoms with E-state index in [0.29, 0.717) is 12.5 Å². The molecular formula is C17H25FN2O5S. The molecule has 0 radical (unpaired) electrons. The molecule has 1 saturated heterocycles. The van der Waals surface area contributed by atoms with E-state index in [1.807, 2.05) is 26.8 Å². The highest BCUT2D eigenvalue weighted by atomic mass is 32.3. The molecule has 9 heteroatoms. The third-order valence-electron chi connectivity index (χ3n) is 3.93. The standard InChI is InChI=1S/C17H25FN2O5S/c1-17(2,3)24-16(21)19-12-13-7-9-20(10-8-13)14-5-4-6-15(11-14)25-26(18,22)23/h4-6,11,13H,7-10,12H2,1-3H3,(H,19,21). The smallest absolute Gasteiger partial charge is 0.444 e. The van der Waals surface area contributed by atoms with Gasteiger partial charge in [0.25, 0.3) is 0 Å². The maximum Gasteiger partial charge on any atom is 0.488 e. The van der Waals surface area contributed by atoms with Gasteiger partial charge in [-0.05, 0) is 51.7 Å². The summed E-state index contributed by atoms with van der Waals surface area (Å²) in [7, 11) is -5.03. The molecule has 1 amide bonds. The molecule has 7 nitrogen and oxygen atoms in total. The van der Waals surface area contributed by atoms with Crippen LogP contribution in [0.3, 0.4) is 0 Å². The summed E-state index contributed by atoms with van der Waals surface area (Å²) in [4.78, 5) is 13.8. The van der Waals surface area contributed by atoms with Crippen LogP contribution in [0.4, 0.5) is 14.4 Å². The van der Waals surface area contributed by atoms with Gasteiger partial charge in [-0.25, -0.2) is 4.79 Å². The molecule has 1 fully saturated rings. The van der Waals surface area contributed by atoms with Crippen LogP contribution in [0, 0.1) is 5.92 Å². The van der Waals surface area contributed by atoms with Gasteiger partial charge in [-0.3, -0.25) is 0 Å². The minimum Gasteiger partial charge on any atom is -0.444 e. The number of benzene rings is 1. The predicted octanol–water partition coefficient (Wildman–Crippen LogP) is 3.02. The maximum absolute atomic E-state index is 12.6. The lowest BCUT2D eigenvalue weighted by molar-refractivity contribution is 0.0516. The van der Waals surface area contributed by atoms with Gasteiger partial charge in [0.1, 0.15) is 11.4 Å². The Balaban J connectivity index is 1.83. The average molecular weight is 388 g/mol. The van der Waals surface area contributed by atoms with Crippen molar-refractivity contribution >= 4 is 22.3 Å². The summed E-state index contributed by atoms with van der Waals surface area (Å²) >= 11 is 0. The minimum absolute atomic E-state index is 0.0567. The summed E-state index contributed by atoms with van der Waals surface area (Å²) in [6.07, 6.45) is 1.31. The molecule has 1 heterocycles. The van der Waals surface area contributed by atoms with Crippen molar-refractivity contribution < 1.29 is 26.0 Å². The van der Waals surface area contributed by atoms with E-state index < -0.39 is 22.2 Å². The number of halogens is 1. The van der Waals surface area contributed by atoms with Crippen LogP contribution in [0.2, 0.25) is 0 Å². The Morgan fingerprint density at radius 3 is 2.54 bits per heavy atom. The van der Waals surface area contributed by atoms with E-state index in [2.05, 4.69) is 14.4 Å². The fraction of sp³-hybridized carbons (Fsp3) is 0.588. The molecule has 0 aromatic heterocycles. The number of anilines is 1. The largest absolute Gasteiger partial charge is 0.488 e. The molecule has 146 valence electrons. The highest BCUT2D eigenvalue weighted by molar-refractivity contribution is 7.81. The first-order chi connectivity index (χ1) is 12.0. The van der Waals surface area contributed by atoms with Gasteiger partial charge in [0, 0.05) is 31.4 Å². The lowest BCUT2D eigenvalue weighted by Crippen LogP contribution is -2.40. The lowest BCUT2D eigenvalue weighted by Gasteiger charge is -2.34. The van der Waals surface area contributed by atoms with Crippen LogP contribution in [0.25, 0.3) is 0 Å². The molecule has 1 aromatic rings. The van der Waals surface area contributed by atoms with Crippen molar-refractivity contribution in [3.63, 3.8) is 0 Å². The van der Waals surface area contributed by atoms with E-state index in [1.165, 1.54) is 12.1 Å². The van der Waals surface area contributed by atoms with E-state index in [0.717, 1.165) is 31.6 Å². The van der Waals surface area contributed by atoms with Gasteiger partial charge >= 0.3 is 16.6 Å². The van der Waals surface area contributed by atoms with E-state index in [4.69, 9.17) is 4.74 Å². The van der Waals surface area contributed by atoms with Gasteiger partial charge < -0.3 is 19.1 Å². The second-order valence-corrected chi connectivity index (χ2v) is 8.24. The Labute approximate surface area is 153 Å². The molecule has 1 aliphatic heterocycles. The molecule has 26 heavy (non-hydrogen) atoms. The summed E-state index contributed by atoms with van der Waals surface area (Å²) in [5.41, 5.74) is 0.248. The zero-order valence-corrected chi connectivity index (χ0v) is 16.0. The first-order valence-corrected chi connectivity index (χ1v) is 9.79. The summed E-state index contributed by atoms with van der Waals surface area (Å²) in [5.74, 6) is 0.281. The molecule has 0 spiro atoms. The van der Waals surface area contributed by atoms with Crippen LogP contribution in [0.5, 0.6) is 5.75 Å². The topological polar surface area (TPSA) is 84.9 Å². The van der Waals surface area contributed by atoms with Crippen molar-refractivity contribution in [2.24, 2.45) is 5.92 Å². The summed E-state index contributed by atoms with van der Waals surface area (Å²) < 4.78 is 43.3. The average Bonchev–Trinajstić information content (AvgIpc) is 2.50. The highest BCUT2D eigenvalue weighted by Crippen LogP contribution is 2.27. The van der Waals surface area contributed by atoms with Crippen molar-refractivity contribution in [1.82, 2.24) is 5.32 Å². The number of hydrogen-bond donors (Lipinski definition) is 1. The Hall–Kier alpha value is -2.03. The first-order valence-electron chi connectivity index (χ1n) is 8.48. The van der Waals surface area contributed by atoms with E-state index in [1.54, 1.807) is 6.07 Å². The summed E-state index contributed by atoms with van der Waals surface area (Å²) in [5, 5.41) is 2.79. The van der Waals surface area contributed by atoms with Gasteiger partial charge in [0.05, 0.1) is 0 Å². The van der Waals surface area contributed by atoms with Crippen molar-refractivity contribution in [3.8, 4) is 5.75 Å². The number of carbonyl (C=O) groups excluding carboxylic acids is 1. The van der Waals surface area contributed by atoms with Crippen molar-refractivity contribution in [2.45, 2.75) is 39.2 Å². The number of amides is 1. The van der Waals surface area contributed by atoms with Crippen molar-refractivity contribution in [3.05, 3.63) is 24.3 Å².